The Morgan fingerprint density at radius 1 is 1.10 bits per heavy atom. The molecule has 2 rings (SSSR count). The van der Waals surface area contributed by atoms with Crippen LogP contribution >= 0.6 is 0 Å². The summed E-state index contributed by atoms with van der Waals surface area (Å²) in [6, 6.07) is 11.9. The van der Waals surface area contributed by atoms with Gasteiger partial charge < -0.3 is 5.11 Å². The maximum absolute atomic E-state index is 13.9. The normalized spacial score (nSPS) is 12.1. The van der Waals surface area contributed by atoms with Crippen LogP contribution < -0.4 is 5.32 Å². The molecule has 0 aromatic heterocycles. The van der Waals surface area contributed by atoms with Gasteiger partial charge in [-0.05, 0) is 11.6 Å². The minimum atomic E-state index is -1.07. The zero-order chi connectivity index (χ0) is 14.5. The second kappa shape index (κ2) is 6.25. The lowest BCUT2D eigenvalue weighted by Crippen LogP contribution is -2.29. The Hall–Kier alpha value is -2.27. The second-order valence-electron chi connectivity index (χ2n) is 4.26. The van der Waals surface area contributed by atoms with Gasteiger partial charge in [0, 0.05) is 5.56 Å². The maximum atomic E-state index is 13.9. The minimum absolute atomic E-state index is 0.0810. The molecule has 1 atom stereocenters. The number of hydrogen-bond acceptors (Lipinski definition) is 2. The first kappa shape index (κ1) is 14.1. The molecule has 0 aliphatic heterocycles. The summed E-state index contributed by atoms with van der Waals surface area (Å²) in [5.41, 5.74) is 0.746. The van der Waals surface area contributed by atoms with E-state index in [-0.39, 0.29) is 12.1 Å². The summed E-state index contributed by atoms with van der Waals surface area (Å²) in [6.45, 7) is -0.352. The molecular weight excluding hydrogens is 264 g/mol. The lowest BCUT2D eigenvalue weighted by molar-refractivity contribution is -0.136. The van der Waals surface area contributed by atoms with E-state index in [0.29, 0.717) is 5.56 Å². The molecule has 2 aromatic rings. The molecule has 0 heterocycles. The van der Waals surface area contributed by atoms with Gasteiger partial charge in [-0.1, -0.05) is 42.5 Å². The van der Waals surface area contributed by atoms with E-state index in [2.05, 4.69) is 5.32 Å². The topological polar surface area (TPSA) is 49.3 Å². The van der Waals surface area contributed by atoms with Crippen molar-refractivity contribution in [2.24, 2.45) is 0 Å². The van der Waals surface area contributed by atoms with Gasteiger partial charge in [0.25, 0.3) is 0 Å². The van der Waals surface area contributed by atoms with Gasteiger partial charge in [0.2, 0.25) is 0 Å². The standard InChI is InChI=1S/C15H13F2NO2/c16-12-8-4-7-11(14(12)17)15(18-9-13(19)20)10-5-2-1-3-6-10/h1-8,15,18H,9H2,(H,19,20). The molecule has 0 saturated heterocycles. The van der Waals surface area contributed by atoms with Crippen molar-refractivity contribution in [3.8, 4) is 0 Å². The number of nitrogens with one attached hydrogen (secondary N) is 1. The van der Waals surface area contributed by atoms with Crippen molar-refractivity contribution in [3.63, 3.8) is 0 Å². The fraction of sp³-hybridized carbons (Fsp3) is 0.133. The molecular formula is C15H13F2NO2. The van der Waals surface area contributed by atoms with Crippen molar-refractivity contribution < 1.29 is 18.7 Å². The summed E-state index contributed by atoms with van der Waals surface area (Å²) in [5, 5.41) is 11.5. The summed E-state index contributed by atoms with van der Waals surface area (Å²) in [4.78, 5) is 10.7. The highest BCUT2D eigenvalue weighted by Gasteiger charge is 2.20. The van der Waals surface area contributed by atoms with Gasteiger partial charge in [0.05, 0.1) is 12.6 Å². The first-order valence-corrected chi connectivity index (χ1v) is 6.03. The second-order valence-corrected chi connectivity index (χ2v) is 4.26. The summed E-state index contributed by atoms with van der Waals surface area (Å²) in [7, 11) is 0. The van der Waals surface area contributed by atoms with Gasteiger partial charge >= 0.3 is 5.97 Å². The van der Waals surface area contributed by atoms with Crippen LogP contribution in [0.1, 0.15) is 17.2 Å². The number of carboxylic acid groups (broad SMARTS) is 1. The van der Waals surface area contributed by atoms with E-state index in [4.69, 9.17) is 5.11 Å². The van der Waals surface area contributed by atoms with Gasteiger partial charge in [-0.3, -0.25) is 10.1 Å². The fourth-order valence-corrected chi connectivity index (χ4v) is 1.99. The van der Waals surface area contributed by atoms with Gasteiger partial charge in [0.1, 0.15) is 0 Å². The van der Waals surface area contributed by atoms with E-state index < -0.39 is 23.6 Å². The molecule has 0 aliphatic carbocycles. The SMILES string of the molecule is O=C(O)CNC(c1ccccc1)c1cccc(F)c1F. The summed E-state index contributed by atoms with van der Waals surface area (Å²) in [5.74, 6) is -3.00. The molecule has 1 unspecified atom stereocenters. The highest BCUT2D eigenvalue weighted by Crippen LogP contribution is 2.25. The number of aliphatic carboxylic acids is 1. The van der Waals surface area contributed by atoms with E-state index in [0.717, 1.165) is 6.07 Å². The van der Waals surface area contributed by atoms with Gasteiger partial charge in [0.15, 0.2) is 11.6 Å². The molecule has 0 radical (unpaired) electrons. The molecule has 0 saturated carbocycles. The number of carbonyl (C=O) groups is 1. The number of benzene rings is 2. The highest BCUT2D eigenvalue weighted by molar-refractivity contribution is 5.69. The predicted molar refractivity (Wildman–Crippen MR) is 70.3 cm³/mol. The quantitative estimate of drug-likeness (QED) is 0.883. The van der Waals surface area contributed by atoms with Crippen LogP contribution in [-0.4, -0.2) is 17.6 Å². The lowest BCUT2D eigenvalue weighted by atomic mass is 9.98. The average molecular weight is 277 g/mol. The van der Waals surface area contributed by atoms with E-state index in [1.807, 2.05) is 0 Å². The molecule has 104 valence electrons. The zero-order valence-electron chi connectivity index (χ0n) is 10.5. The minimum Gasteiger partial charge on any atom is -0.480 e. The van der Waals surface area contributed by atoms with Crippen LogP contribution in [0.25, 0.3) is 0 Å². The third-order valence-corrected chi connectivity index (χ3v) is 2.88. The first-order chi connectivity index (χ1) is 9.59. The van der Waals surface area contributed by atoms with Crippen LogP contribution in [-0.2, 0) is 4.79 Å². The third kappa shape index (κ3) is 3.19. The largest absolute Gasteiger partial charge is 0.480 e. The van der Waals surface area contributed by atoms with Crippen LogP contribution in [0.15, 0.2) is 48.5 Å². The molecule has 0 amide bonds. The Bertz CT molecular complexity index is 602. The van der Waals surface area contributed by atoms with Crippen molar-refractivity contribution in [1.82, 2.24) is 5.32 Å². The van der Waals surface area contributed by atoms with E-state index in [1.54, 1.807) is 30.3 Å². The van der Waals surface area contributed by atoms with Crippen molar-refractivity contribution >= 4 is 5.97 Å². The van der Waals surface area contributed by atoms with Crippen LogP contribution in [0.5, 0.6) is 0 Å². The van der Waals surface area contributed by atoms with E-state index in [9.17, 15) is 13.6 Å². The van der Waals surface area contributed by atoms with Crippen LogP contribution in [0.3, 0.4) is 0 Å². The lowest BCUT2D eigenvalue weighted by Gasteiger charge is -2.19. The summed E-state index contributed by atoms with van der Waals surface area (Å²) in [6.07, 6.45) is 0. The van der Waals surface area contributed by atoms with Gasteiger partial charge in [-0.15, -0.1) is 0 Å². The maximum Gasteiger partial charge on any atom is 0.317 e. The number of rotatable bonds is 5. The monoisotopic (exact) mass is 277 g/mol. The Morgan fingerprint density at radius 3 is 2.45 bits per heavy atom. The van der Waals surface area contributed by atoms with Crippen LogP contribution in [0, 0.1) is 11.6 Å². The first-order valence-electron chi connectivity index (χ1n) is 6.03. The predicted octanol–water partition coefficient (Wildman–Crippen LogP) is 2.73. The van der Waals surface area contributed by atoms with E-state index in [1.165, 1.54) is 12.1 Å². The van der Waals surface area contributed by atoms with Gasteiger partial charge in [-0.2, -0.15) is 0 Å². The molecule has 0 aliphatic rings. The summed E-state index contributed by atoms with van der Waals surface area (Å²) >= 11 is 0. The Morgan fingerprint density at radius 2 is 1.80 bits per heavy atom. The number of halogens is 2. The molecule has 2 N–H and O–H groups in total. The number of carboxylic acids is 1. The molecule has 0 spiro atoms. The average Bonchev–Trinajstić information content (AvgIpc) is 2.44. The van der Waals surface area contributed by atoms with Gasteiger partial charge in [-0.25, -0.2) is 8.78 Å². The Balaban J connectivity index is 2.40. The van der Waals surface area contributed by atoms with Crippen LogP contribution in [0.4, 0.5) is 8.78 Å². The smallest absolute Gasteiger partial charge is 0.317 e. The van der Waals surface area contributed by atoms with Crippen molar-refractivity contribution in [2.75, 3.05) is 6.54 Å². The molecule has 2 aromatic carbocycles. The Kier molecular flexibility index (Phi) is 4.42. The zero-order valence-corrected chi connectivity index (χ0v) is 10.5. The van der Waals surface area contributed by atoms with Crippen molar-refractivity contribution in [1.29, 1.82) is 0 Å². The highest BCUT2D eigenvalue weighted by atomic mass is 19.2. The van der Waals surface area contributed by atoms with E-state index >= 15 is 0 Å². The summed E-state index contributed by atoms with van der Waals surface area (Å²) < 4.78 is 27.2. The Labute approximate surface area is 114 Å². The molecule has 5 heteroatoms. The molecule has 20 heavy (non-hydrogen) atoms. The molecule has 3 nitrogen and oxygen atoms in total. The number of hydrogen-bond donors (Lipinski definition) is 2. The third-order valence-electron chi connectivity index (χ3n) is 2.88. The van der Waals surface area contributed by atoms with Crippen molar-refractivity contribution in [3.05, 3.63) is 71.3 Å². The fourth-order valence-electron chi connectivity index (χ4n) is 1.99. The molecule has 0 fully saturated rings. The van der Waals surface area contributed by atoms with Crippen LogP contribution in [0.2, 0.25) is 0 Å². The van der Waals surface area contributed by atoms with Crippen molar-refractivity contribution in [2.45, 2.75) is 6.04 Å². The molecule has 0 bridgehead atoms.